The highest BCUT2D eigenvalue weighted by molar-refractivity contribution is 5.76. The molecule has 1 heterocycles. The number of ether oxygens (including phenoxy) is 3. The number of piperidine rings is 1. The second-order valence-electron chi connectivity index (χ2n) is 7.89. The lowest BCUT2D eigenvalue weighted by Gasteiger charge is -2.37. The van der Waals surface area contributed by atoms with Crippen molar-refractivity contribution < 1.29 is 28.6 Å². The van der Waals surface area contributed by atoms with Gasteiger partial charge in [-0.2, -0.15) is 0 Å². The molecule has 0 spiro atoms. The van der Waals surface area contributed by atoms with Crippen LogP contribution in [0.3, 0.4) is 0 Å². The Kier molecular flexibility index (Phi) is 7.87. The van der Waals surface area contributed by atoms with Crippen molar-refractivity contribution in [2.75, 3.05) is 19.7 Å². The molecular weight excluding hydrogens is 376 g/mol. The third-order valence-corrected chi connectivity index (χ3v) is 4.37. The zero-order valence-electron chi connectivity index (χ0n) is 17.5. The summed E-state index contributed by atoms with van der Waals surface area (Å²) in [6.45, 7) is 7.86. The van der Waals surface area contributed by atoms with Gasteiger partial charge in [-0.25, -0.2) is 9.59 Å². The molecule has 0 bridgehead atoms. The van der Waals surface area contributed by atoms with Gasteiger partial charge in [-0.3, -0.25) is 4.79 Å². The van der Waals surface area contributed by atoms with Crippen LogP contribution < -0.4 is 5.32 Å². The molecule has 8 heteroatoms. The molecule has 0 aliphatic carbocycles. The van der Waals surface area contributed by atoms with Crippen LogP contribution in [-0.2, 0) is 25.6 Å². The van der Waals surface area contributed by atoms with Gasteiger partial charge in [-0.05, 0) is 39.7 Å². The van der Waals surface area contributed by atoms with Gasteiger partial charge >= 0.3 is 18.2 Å². The lowest BCUT2D eigenvalue weighted by Crippen LogP contribution is -2.56. The Labute approximate surface area is 171 Å². The van der Waals surface area contributed by atoms with Crippen molar-refractivity contribution in [2.45, 2.75) is 52.4 Å². The van der Waals surface area contributed by atoms with Crippen LogP contribution in [0.25, 0.3) is 0 Å². The van der Waals surface area contributed by atoms with Crippen molar-refractivity contribution in [3.05, 3.63) is 35.9 Å². The molecule has 1 aromatic rings. The number of hydrogen-bond acceptors (Lipinski definition) is 6. The number of alkyl carbamates (subject to hydrolysis) is 1. The van der Waals surface area contributed by atoms with Crippen LogP contribution in [0.2, 0.25) is 0 Å². The molecule has 0 saturated carbocycles. The number of amides is 2. The fourth-order valence-corrected chi connectivity index (χ4v) is 3.07. The summed E-state index contributed by atoms with van der Waals surface area (Å²) in [6.07, 6.45) is -0.775. The Morgan fingerprint density at radius 1 is 1.14 bits per heavy atom. The highest BCUT2D eigenvalue weighted by Crippen LogP contribution is 2.21. The molecule has 1 aliphatic rings. The van der Waals surface area contributed by atoms with E-state index in [0.717, 1.165) is 5.56 Å². The van der Waals surface area contributed by atoms with E-state index in [2.05, 4.69) is 5.32 Å². The minimum Gasteiger partial charge on any atom is -0.466 e. The smallest absolute Gasteiger partial charge is 0.410 e. The molecule has 1 fully saturated rings. The van der Waals surface area contributed by atoms with E-state index < -0.39 is 35.7 Å². The lowest BCUT2D eigenvalue weighted by atomic mass is 9.92. The summed E-state index contributed by atoms with van der Waals surface area (Å²) < 4.78 is 15.8. The van der Waals surface area contributed by atoms with Crippen LogP contribution in [0.15, 0.2) is 30.3 Å². The predicted molar refractivity (Wildman–Crippen MR) is 106 cm³/mol. The topological polar surface area (TPSA) is 94.2 Å². The number of hydrogen-bond donors (Lipinski definition) is 1. The maximum atomic E-state index is 12.5. The van der Waals surface area contributed by atoms with Gasteiger partial charge < -0.3 is 24.4 Å². The highest BCUT2D eigenvalue weighted by Gasteiger charge is 2.38. The number of esters is 1. The fourth-order valence-electron chi connectivity index (χ4n) is 3.07. The normalized spacial score (nSPS) is 19.2. The van der Waals surface area contributed by atoms with Crippen LogP contribution in [0, 0.1) is 5.92 Å². The Bertz CT molecular complexity index is 701. The molecule has 160 valence electrons. The summed E-state index contributed by atoms with van der Waals surface area (Å²) in [5.41, 5.74) is 0.206. The number of benzene rings is 1. The number of likely N-dealkylation sites (tertiary alicyclic amines) is 1. The molecule has 8 nitrogen and oxygen atoms in total. The molecule has 2 amide bonds. The summed E-state index contributed by atoms with van der Waals surface area (Å²) in [4.78, 5) is 38.5. The minimum absolute atomic E-state index is 0.135. The second-order valence-corrected chi connectivity index (χ2v) is 7.89. The van der Waals surface area contributed by atoms with E-state index in [0.29, 0.717) is 13.0 Å². The standard InChI is InChI=1S/C21H30N2O6/c1-5-27-18(24)16-11-12-23(13-17(16)22-19(25)29-21(2,3)4)20(26)28-14-15-9-7-6-8-10-15/h6-10,16-17H,5,11-14H2,1-4H3,(H,22,25)/t16-,17+/m1/s1. The van der Waals surface area contributed by atoms with Gasteiger partial charge in [-0.1, -0.05) is 30.3 Å². The molecule has 0 unspecified atom stereocenters. The van der Waals surface area contributed by atoms with Gasteiger partial charge in [-0.15, -0.1) is 0 Å². The predicted octanol–water partition coefficient (Wildman–Crippen LogP) is 3.10. The van der Waals surface area contributed by atoms with E-state index in [1.165, 1.54) is 4.90 Å². The highest BCUT2D eigenvalue weighted by atomic mass is 16.6. The van der Waals surface area contributed by atoms with Crippen molar-refractivity contribution in [3.8, 4) is 0 Å². The maximum Gasteiger partial charge on any atom is 0.410 e. The summed E-state index contributed by atoms with van der Waals surface area (Å²) in [7, 11) is 0. The van der Waals surface area contributed by atoms with Gasteiger partial charge in [0.1, 0.15) is 12.2 Å². The Hall–Kier alpha value is -2.77. The first-order chi connectivity index (χ1) is 13.7. The molecule has 2 atom stereocenters. The lowest BCUT2D eigenvalue weighted by molar-refractivity contribution is -0.150. The van der Waals surface area contributed by atoms with Crippen LogP contribution in [0.4, 0.5) is 9.59 Å². The number of rotatable bonds is 5. The van der Waals surface area contributed by atoms with E-state index in [-0.39, 0.29) is 19.8 Å². The minimum atomic E-state index is -0.674. The van der Waals surface area contributed by atoms with Crippen molar-refractivity contribution >= 4 is 18.2 Å². The van der Waals surface area contributed by atoms with Crippen molar-refractivity contribution in [2.24, 2.45) is 5.92 Å². The van der Waals surface area contributed by atoms with E-state index in [9.17, 15) is 14.4 Å². The average Bonchev–Trinajstić information content (AvgIpc) is 2.65. The number of carbonyl (C=O) groups is 3. The maximum absolute atomic E-state index is 12.5. The number of nitrogens with zero attached hydrogens (tertiary/aromatic N) is 1. The summed E-state index contributed by atoms with van der Waals surface area (Å²) in [5.74, 6) is -0.952. The van der Waals surface area contributed by atoms with Crippen molar-refractivity contribution in [3.63, 3.8) is 0 Å². The quantitative estimate of drug-likeness (QED) is 0.596. The molecule has 0 radical (unpaired) electrons. The summed E-state index contributed by atoms with van der Waals surface area (Å²) >= 11 is 0. The van der Waals surface area contributed by atoms with Crippen molar-refractivity contribution in [1.82, 2.24) is 10.2 Å². The number of nitrogens with one attached hydrogen (secondary N) is 1. The van der Waals surface area contributed by atoms with Gasteiger partial charge in [0.25, 0.3) is 0 Å². The molecule has 2 rings (SSSR count). The summed E-state index contributed by atoms with van der Waals surface area (Å²) in [6, 6.07) is 8.74. The first-order valence-corrected chi connectivity index (χ1v) is 9.81. The van der Waals surface area contributed by atoms with Crippen LogP contribution in [0.5, 0.6) is 0 Å². The van der Waals surface area contributed by atoms with Gasteiger partial charge in [0.2, 0.25) is 0 Å². The Morgan fingerprint density at radius 2 is 1.83 bits per heavy atom. The van der Waals surface area contributed by atoms with Crippen LogP contribution >= 0.6 is 0 Å². The monoisotopic (exact) mass is 406 g/mol. The van der Waals surface area contributed by atoms with E-state index >= 15 is 0 Å². The van der Waals surface area contributed by atoms with Crippen molar-refractivity contribution in [1.29, 1.82) is 0 Å². The molecular formula is C21H30N2O6. The Balaban J connectivity index is 2.01. The van der Waals surface area contributed by atoms with E-state index in [4.69, 9.17) is 14.2 Å². The fraction of sp³-hybridized carbons (Fsp3) is 0.571. The Morgan fingerprint density at radius 3 is 2.45 bits per heavy atom. The molecule has 1 aromatic carbocycles. The molecule has 29 heavy (non-hydrogen) atoms. The average molecular weight is 406 g/mol. The van der Waals surface area contributed by atoms with Crippen LogP contribution in [0.1, 0.15) is 39.7 Å². The second kappa shape index (κ2) is 10.1. The van der Waals surface area contributed by atoms with Crippen LogP contribution in [-0.4, -0.2) is 54.4 Å². The largest absolute Gasteiger partial charge is 0.466 e. The number of carbonyl (C=O) groups excluding carboxylic acids is 3. The molecule has 0 aromatic heterocycles. The first kappa shape index (κ1) is 22.5. The summed E-state index contributed by atoms with van der Waals surface area (Å²) in [5, 5.41) is 2.71. The van der Waals surface area contributed by atoms with E-state index in [1.54, 1.807) is 27.7 Å². The zero-order chi connectivity index (χ0) is 21.4. The van der Waals surface area contributed by atoms with Gasteiger partial charge in [0.15, 0.2) is 0 Å². The third kappa shape index (κ3) is 7.29. The first-order valence-electron chi connectivity index (χ1n) is 9.81. The van der Waals surface area contributed by atoms with E-state index in [1.807, 2.05) is 30.3 Å². The zero-order valence-corrected chi connectivity index (χ0v) is 17.5. The third-order valence-electron chi connectivity index (χ3n) is 4.37. The molecule has 1 aliphatic heterocycles. The molecule has 1 saturated heterocycles. The van der Waals surface area contributed by atoms with Gasteiger partial charge in [0, 0.05) is 13.1 Å². The molecule has 1 N–H and O–H groups in total. The SMILES string of the molecule is CCOC(=O)[C@@H]1CCN(C(=O)OCc2ccccc2)C[C@@H]1NC(=O)OC(C)(C)C. The van der Waals surface area contributed by atoms with Gasteiger partial charge in [0.05, 0.1) is 18.6 Å².